The molecule has 2 heterocycles. The molecule has 0 saturated carbocycles. The van der Waals surface area contributed by atoms with Crippen LogP contribution in [0.25, 0.3) is 11.4 Å². The largest absolute Gasteiger partial charge is 0.311 e. The first-order valence-electron chi connectivity index (χ1n) is 6.07. The van der Waals surface area contributed by atoms with Gasteiger partial charge in [-0.05, 0) is 37.6 Å². The lowest BCUT2D eigenvalue weighted by molar-refractivity contribution is 0.620. The van der Waals surface area contributed by atoms with E-state index < -0.39 is 0 Å². The van der Waals surface area contributed by atoms with Crippen LogP contribution in [-0.2, 0) is 13.0 Å². The quantitative estimate of drug-likeness (QED) is 0.856. The van der Waals surface area contributed by atoms with Gasteiger partial charge in [0, 0.05) is 22.8 Å². The summed E-state index contributed by atoms with van der Waals surface area (Å²) in [5.74, 6) is 0.762. The second-order valence-electron chi connectivity index (χ2n) is 4.49. The van der Waals surface area contributed by atoms with Crippen LogP contribution in [0, 0.1) is 6.92 Å². The first-order valence-corrected chi connectivity index (χ1v) is 6.45. The number of aromatic nitrogens is 2. The van der Waals surface area contributed by atoms with Gasteiger partial charge in [0.15, 0.2) is 5.82 Å². The van der Waals surface area contributed by atoms with Crippen molar-refractivity contribution in [2.24, 2.45) is 0 Å². The normalized spacial score (nSPS) is 14.3. The number of fused-ring (bicyclic) bond motifs is 1. The highest BCUT2D eigenvalue weighted by atomic mass is 35.5. The Bertz CT molecular complexity index is 596. The van der Waals surface area contributed by atoms with E-state index in [1.54, 1.807) is 0 Å². The van der Waals surface area contributed by atoms with Crippen molar-refractivity contribution in [3.05, 3.63) is 46.2 Å². The third kappa shape index (κ3) is 2.11. The summed E-state index contributed by atoms with van der Waals surface area (Å²) in [6.07, 6.45) is 1.01. The Morgan fingerprint density at radius 2 is 2.17 bits per heavy atom. The average Bonchev–Trinajstić information content (AvgIpc) is 2.39. The van der Waals surface area contributed by atoms with Gasteiger partial charge in [-0.15, -0.1) is 0 Å². The second kappa shape index (κ2) is 4.67. The van der Waals surface area contributed by atoms with E-state index in [9.17, 15) is 0 Å². The minimum Gasteiger partial charge on any atom is -0.311 e. The van der Waals surface area contributed by atoms with Crippen LogP contribution in [0.4, 0.5) is 0 Å². The number of aryl methyl sites for hydroxylation is 1. The van der Waals surface area contributed by atoms with Crippen LogP contribution < -0.4 is 5.32 Å². The summed E-state index contributed by atoms with van der Waals surface area (Å²) < 4.78 is 0. The Morgan fingerprint density at radius 3 is 3.00 bits per heavy atom. The fourth-order valence-corrected chi connectivity index (χ4v) is 2.49. The van der Waals surface area contributed by atoms with E-state index in [4.69, 9.17) is 11.6 Å². The molecule has 92 valence electrons. The van der Waals surface area contributed by atoms with Crippen molar-refractivity contribution in [3.8, 4) is 11.4 Å². The molecule has 0 amide bonds. The zero-order valence-corrected chi connectivity index (χ0v) is 11.0. The third-order valence-electron chi connectivity index (χ3n) is 3.23. The molecule has 0 aliphatic carbocycles. The Hall–Kier alpha value is -1.45. The van der Waals surface area contributed by atoms with Gasteiger partial charge in [0.05, 0.1) is 5.69 Å². The molecular formula is C14H14ClN3. The lowest BCUT2D eigenvalue weighted by Crippen LogP contribution is -2.26. The summed E-state index contributed by atoms with van der Waals surface area (Å²) in [6, 6.07) is 7.67. The highest BCUT2D eigenvalue weighted by Gasteiger charge is 2.15. The average molecular weight is 260 g/mol. The molecule has 3 rings (SSSR count). The van der Waals surface area contributed by atoms with E-state index in [1.165, 1.54) is 5.56 Å². The maximum absolute atomic E-state index is 6.01. The summed E-state index contributed by atoms with van der Waals surface area (Å²) in [7, 11) is 0. The van der Waals surface area contributed by atoms with Crippen molar-refractivity contribution in [2.75, 3.05) is 6.54 Å². The Kier molecular flexibility index (Phi) is 3.02. The smallest absolute Gasteiger partial charge is 0.159 e. The molecule has 0 atom stereocenters. The molecule has 1 aliphatic rings. The molecule has 0 fully saturated rings. The van der Waals surface area contributed by atoms with Crippen LogP contribution in [0.1, 0.15) is 17.0 Å². The van der Waals surface area contributed by atoms with Crippen molar-refractivity contribution in [1.29, 1.82) is 0 Å². The van der Waals surface area contributed by atoms with E-state index in [0.29, 0.717) is 5.02 Å². The van der Waals surface area contributed by atoms with Gasteiger partial charge in [0.2, 0.25) is 0 Å². The molecule has 0 unspecified atom stereocenters. The minimum atomic E-state index is 0.713. The van der Waals surface area contributed by atoms with Crippen LogP contribution in [0.15, 0.2) is 24.3 Å². The molecule has 0 bridgehead atoms. The number of nitrogens with one attached hydrogen (secondary N) is 1. The molecule has 3 nitrogen and oxygen atoms in total. The molecule has 4 heteroatoms. The summed E-state index contributed by atoms with van der Waals surface area (Å²) in [5, 5.41) is 4.05. The van der Waals surface area contributed by atoms with E-state index in [2.05, 4.69) is 22.2 Å². The predicted octanol–water partition coefficient (Wildman–Crippen LogP) is 2.75. The highest BCUT2D eigenvalue weighted by molar-refractivity contribution is 6.30. The fourth-order valence-electron chi connectivity index (χ4n) is 2.30. The molecule has 0 radical (unpaired) electrons. The molecule has 18 heavy (non-hydrogen) atoms. The molecule has 1 aromatic heterocycles. The van der Waals surface area contributed by atoms with Gasteiger partial charge in [-0.1, -0.05) is 23.7 Å². The monoisotopic (exact) mass is 259 g/mol. The number of benzene rings is 1. The summed E-state index contributed by atoms with van der Waals surface area (Å²) in [6.45, 7) is 3.89. The maximum atomic E-state index is 6.01. The maximum Gasteiger partial charge on any atom is 0.159 e. The lowest BCUT2D eigenvalue weighted by Gasteiger charge is -2.18. The molecule has 0 saturated heterocycles. The molecule has 1 aliphatic heterocycles. The number of nitrogens with zero attached hydrogens (tertiary/aromatic N) is 2. The minimum absolute atomic E-state index is 0.713. The van der Waals surface area contributed by atoms with E-state index >= 15 is 0 Å². The zero-order chi connectivity index (χ0) is 12.5. The number of hydrogen-bond donors (Lipinski definition) is 1. The van der Waals surface area contributed by atoms with Crippen LogP contribution >= 0.6 is 11.6 Å². The van der Waals surface area contributed by atoms with Crippen molar-refractivity contribution in [2.45, 2.75) is 19.9 Å². The fraction of sp³-hybridized carbons (Fsp3) is 0.286. The zero-order valence-electron chi connectivity index (χ0n) is 10.2. The molecule has 1 aromatic carbocycles. The van der Waals surface area contributed by atoms with Crippen molar-refractivity contribution in [1.82, 2.24) is 15.3 Å². The van der Waals surface area contributed by atoms with Crippen molar-refractivity contribution >= 4 is 11.6 Å². The van der Waals surface area contributed by atoms with Gasteiger partial charge in [-0.3, -0.25) is 0 Å². The van der Waals surface area contributed by atoms with Crippen LogP contribution in [0.3, 0.4) is 0 Å². The molecule has 2 aromatic rings. The van der Waals surface area contributed by atoms with Crippen LogP contribution in [0.5, 0.6) is 0 Å². The van der Waals surface area contributed by atoms with Gasteiger partial charge in [0.1, 0.15) is 0 Å². The topological polar surface area (TPSA) is 37.8 Å². The van der Waals surface area contributed by atoms with Gasteiger partial charge < -0.3 is 5.32 Å². The SMILES string of the molecule is Cc1nc(-c2cccc(Cl)c2)nc2c1CCNC2. The molecular weight excluding hydrogens is 246 g/mol. The van der Waals surface area contributed by atoms with E-state index in [1.807, 2.05) is 24.3 Å². The van der Waals surface area contributed by atoms with E-state index in [0.717, 1.165) is 42.3 Å². The Morgan fingerprint density at radius 1 is 1.28 bits per heavy atom. The van der Waals surface area contributed by atoms with Crippen LogP contribution in [-0.4, -0.2) is 16.5 Å². The first-order chi connectivity index (χ1) is 8.74. The lowest BCUT2D eigenvalue weighted by atomic mass is 10.0. The van der Waals surface area contributed by atoms with Crippen molar-refractivity contribution in [3.63, 3.8) is 0 Å². The third-order valence-corrected chi connectivity index (χ3v) is 3.46. The van der Waals surface area contributed by atoms with Gasteiger partial charge in [0.25, 0.3) is 0 Å². The summed E-state index contributed by atoms with van der Waals surface area (Å²) in [4.78, 5) is 9.25. The predicted molar refractivity (Wildman–Crippen MR) is 72.6 cm³/mol. The van der Waals surface area contributed by atoms with Crippen LogP contribution in [0.2, 0.25) is 5.02 Å². The van der Waals surface area contributed by atoms with Gasteiger partial charge >= 0.3 is 0 Å². The Balaban J connectivity index is 2.11. The number of rotatable bonds is 1. The molecule has 0 spiro atoms. The number of halogens is 1. The number of hydrogen-bond acceptors (Lipinski definition) is 3. The van der Waals surface area contributed by atoms with Gasteiger partial charge in [-0.25, -0.2) is 9.97 Å². The standard InChI is InChI=1S/C14H14ClN3/c1-9-12-5-6-16-8-13(12)18-14(17-9)10-3-2-4-11(15)7-10/h2-4,7,16H,5-6,8H2,1H3. The summed E-state index contributed by atoms with van der Waals surface area (Å²) in [5.41, 5.74) is 4.46. The molecule has 1 N–H and O–H groups in total. The highest BCUT2D eigenvalue weighted by Crippen LogP contribution is 2.23. The Labute approximate surface area is 111 Å². The summed E-state index contributed by atoms with van der Waals surface area (Å²) >= 11 is 6.01. The first kappa shape index (κ1) is 11.6. The second-order valence-corrected chi connectivity index (χ2v) is 4.93. The van der Waals surface area contributed by atoms with Gasteiger partial charge in [-0.2, -0.15) is 0 Å². The van der Waals surface area contributed by atoms with E-state index in [-0.39, 0.29) is 0 Å². The van der Waals surface area contributed by atoms with Crippen molar-refractivity contribution < 1.29 is 0 Å².